The van der Waals surface area contributed by atoms with Crippen LogP contribution in [-0.2, 0) is 4.79 Å². The molecule has 1 aliphatic rings. The van der Waals surface area contributed by atoms with E-state index in [9.17, 15) is 14.4 Å². The number of aromatic nitrogens is 3. The summed E-state index contributed by atoms with van der Waals surface area (Å²) in [5.74, 6) is -0.439. The van der Waals surface area contributed by atoms with Crippen LogP contribution < -0.4 is 10.6 Å². The Kier molecular flexibility index (Phi) is 8.94. The number of allylic oxidation sites excluding steroid dienone is 3. The van der Waals surface area contributed by atoms with Gasteiger partial charge in [-0.05, 0) is 78.5 Å². The molecule has 9 nitrogen and oxygen atoms in total. The number of amides is 2. The lowest BCUT2D eigenvalue weighted by molar-refractivity contribution is -0.115. The molecule has 0 atom stereocenters. The first-order valence-corrected chi connectivity index (χ1v) is 13.6. The number of nitrogens with one attached hydrogen (secondary N) is 2. The monoisotopic (exact) mass is 542 g/mol. The van der Waals surface area contributed by atoms with Crippen LogP contribution in [0.1, 0.15) is 67.3 Å². The number of rotatable bonds is 10. The lowest BCUT2D eigenvalue weighted by atomic mass is 9.92. The molecule has 2 amide bonds. The van der Waals surface area contributed by atoms with E-state index in [1.807, 2.05) is 60.0 Å². The van der Waals surface area contributed by atoms with Gasteiger partial charge in [-0.3, -0.25) is 14.4 Å². The van der Waals surface area contributed by atoms with Crippen LogP contribution in [0.2, 0.25) is 0 Å². The van der Waals surface area contributed by atoms with Crippen molar-refractivity contribution >= 4 is 28.6 Å². The first-order valence-electron chi connectivity index (χ1n) is 13.6. The van der Waals surface area contributed by atoms with Crippen molar-refractivity contribution in [3.8, 4) is 11.3 Å². The van der Waals surface area contributed by atoms with E-state index >= 15 is 0 Å². The second-order valence-corrected chi connectivity index (χ2v) is 10.9. The number of carbonyl (C=O) groups is 3. The van der Waals surface area contributed by atoms with Gasteiger partial charge < -0.3 is 15.5 Å². The normalized spacial score (nSPS) is 13.8. The third kappa shape index (κ3) is 6.54. The highest BCUT2D eigenvalue weighted by Crippen LogP contribution is 2.27. The molecule has 0 aliphatic heterocycles. The van der Waals surface area contributed by atoms with Gasteiger partial charge in [0, 0.05) is 42.3 Å². The summed E-state index contributed by atoms with van der Waals surface area (Å²) in [6.45, 7) is 9.44. The lowest BCUT2D eigenvalue weighted by Gasteiger charge is -2.16. The fourth-order valence-corrected chi connectivity index (χ4v) is 4.84. The molecule has 0 bridgehead atoms. The lowest BCUT2D eigenvalue weighted by Crippen LogP contribution is -2.29. The van der Waals surface area contributed by atoms with E-state index in [1.54, 1.807) is 29.1 Å². The van der Waals surface area contributed by atoms with Gasteiger partial charge in [-0.2, -0.15) is 5.10 Å². The zero-order valence-electron chi connectivity index (χ0n) is 24.2. The van der Waals surface area contributed by atoms with Gasteiger partial charge in [0.15, 0.2) is 11.4 Å². The molecule has 1 aliphatic carbocycles. The molecule has 40 heavy (non-hydrogen) atoms. The fraction of sp³-hybridized carbons (Fsp3) is 0.387. The maximum atomic E-state index is 13.5. The highest BCUT2D eigenvalue weighted by molar-refractivity contribution is 6.07. The molecule has 0 unspecified atom stereocenters. The molecule has 0 spiro atoms. The summed E-state index contributed by atoms with van der Waals surface area (Å²) in [7, 11) is 4.00. The van der Waals surface area contributed by atoms with Crippen molar-refractivity contribution in [3.05, 3.63) is 70.5 Å². The van der Waals surface area contributed by atoms with Crippen molar-refractivity contribution in [2.45, 2.75) is 46.6 Å². The van der Waals surface area contributed by atoms with Gasteiger partial charge in [-0.15, -0.1) is 0 Å². The van der Waals surface area contributed by atoms with Gasteiger partial charge in [-0.1, -0.05) is 23.8 Å². The smallest absolute Gasteiger partial charge is 0.252 e. The number of ketones is 1. The van der Waals surface area contributed by atoms with Crippen LogP contribution in [-0.4, -0.2) is 71.0 Å². The van der Waals surface area contributed by atoms with Crippen LogP contribution in [0.3, 0.4) is 0 Å². The summed E-state index contributed by atoms with van der Waals surface area (Å²) in [6.07, 6.45) is 4.86. The Morgan fingerprint density at radius 2 is 1.88 bits per heavy atom. The van der Waals surface area contributed by atoms with Crippen LogP contribution in [0.25, 0.3) is 22.3 Å². The Balaban J connectivity index is 1.65. The predicted molar refractivity (Wildman–Crippen MR) is 157 cm³/mol. The molecule has 4 rings (SSSR count). The van der Waals surface area contributed by atoms with Crippen LogP contribution >= 0.6 is 0 Å². The van der Waals surface area contributed by atoms with Gasteiger partial charge in [0.1, 0.15) is 0 Å². The molecule has 210 valence electrons. The zero-order valence-corrected chi connectivity index (χ0v) is 24.2. The van der Waals surface area contributed by atoms with Crippen molar-refractivity contribution in [2.75, 3.05) is 33.7 Å². The minimum absolute atomic E-state index is 0.0260. The third-order valence-electron chi connectivity index (χ3n) is 6.93. The molecule has 9 heteroatoms. The minimum Gasteiger partial charge on any atom is -0.352 e. The molecular formula is C31H38N6O3. The van der Waals surface area contributed by atoms with Crippen LogP contribution in [0.5, 0.6) is 0 Å². The average Bonchev–Trinajstić information content (AvgIpc) is 3.34. The molecular weight excluding hydrogens is 504 g/mol. The Labute approximate surface area is 235 Å². The zero-order chi connectivity index (χ0) is 29.0. The van der Waals surface area contributed by atoms with Crippen LogP contribution in [0, 0.1) is 0 Å². The van der Waals surface area contributed by atoms with Gasteiger partial charge >= 0.3 is 0 Å². The second-order valence-electron chi connectivity index (χ2n) is 10.9. The first-order chi connectivity index (χ1) is 19.0. The number of pyridine rings is 1. The number of carbonyl (C=O) groups excluding carboxylic acids is 3. The highest BCUT2D eigenvalue weighted by Gasteiger charge is 2.22. The third-order valence-corrected chi connectivity index (χ3v) is 6.93. The maximum Gasteiger partial charge on any atom is 0.252 e. The number of benzene rings is 1. The molecule has 0 fully saturated rings. The SMILES string of the molecule is CC1=CC(C)=C(CNC(=O)c2cc(-c3cccc(C(=O)NCCCN(C)C)c3)nc3c2cnn3C(C)C)C(=O)C1. The van der Waals surface area contributed by atoms with E-state index in [0.717, 1.165) is 29.7 Å². The Morgan fingerprint density at radius 1 is 1.10 bits per heavy atom. The van der Waals surface area contributed by atoms with Crippen molar-refractivity contribution in [1.29, 1.82) is 0 Å². The summed E-state index contributed by atoms with van der Waals surface area (Å²) in [4.78, 5) is 45.9. The van der Waals surface area contributed by atoms with Crippen molar-refractivity contribution in [1.82, 2.24) is 30.3 Å². The number of nitrogens with zero attached hydrogens (tertiary/aromatic N) is 4. The fourth-order valence-electron chi connectivity index (χ4n) is 4.84. The quantitative estimate of drug-likeness (QED) is 0.369. The van der Waals surface area contributed by atoms with E-state index in [-0.39, 0.29) is 30.2 Å². The average molecular weight is 543 g/mol. The standard InChI is InChI=1S/C31H38N6O3/c1-19(2)37-29-26(18-34-37)24(31(40)33-17-25-21(4)13-20(3)14-28(25)38)16-27(35-29)22-9-7-10-23(15-22)30(39)32-11-8-12-36(5)6/h7,9-10,13,15-16,18-19H,8,11-12,14,17H2,1-6H3,(H,32,39)(H,33,40). The minimum atomic E-state index is -0.314. The van der Waals surface area contributed by atoms with E-state index < -0.39 is 0 Å². The van der Waals surface area contributed by atoms with Crippen molar-refractivity contribution in [2.24, 2.45) is 0 Å². The predicted octanol–water partition coefficient (Wildman–Crippen LogP) is 4.33. The molecule has 0 saturated heterocycles. The van der Waals surface area contributed by atoms with Crippen molar-refractivity contribution in [3.63, 3.8) is 0 Å². The summed E-state index contributed by atoms with van der Waals surface area (Å²) in [6, 6.07) is 9.00. The summed E-state index contributed by atoms with van der Waals surface area (Å²) < 4.78 is 1.78. The second kappa shape index (κ2) is 12.4. The van der Waals surface area contributed by atoms with Gasteiger partial charge in [-0.25, -0.2) is 9.67 Å². The highest BCUT2D eigenvalue weighted by atomic mass is 16.2. The van der Waals surface area contributed by atoms with Crippen LogP contribution in [0.15, 0.2) is 59.3 Å². The first kappa shape index (κ1) is 28.9. The van der Waals surface area contributed by atoms with E-state index in [4.69, 9.17) is 4.98 Å². The number of hydrogen-bond acceptors (Lipinski definition) is 6. The summed E-state index contributed by atoms with van der Waals surface area (Å²) in [5.41, 5.74) is 5.31. The number of hydrogen-bond donors (Lipinski definition) is 2. The van der Waals surface area contributed by atoms with Crippen molar-refractivity contribution < 1.29 is 14.4 Å². The summed E-state index contributed by atoms with van der Waals surface area (Å²) in [5, 5.41) is 11.0. The molecule has 3 aromatic rings. The largest absolute Gasteiger partial charge is 0.352 e. The number of Topliss-reactive ketones (excluding diaryl/α,β-unsaturated/α-hetero) is 1. The summed E-state index contributed by atoms with van der Waals surface area (Å²) >= 11 is 0. The molecule has 2 N–H and O–H groups in total. The molecule has 2 heterocycles. The van der Waals surface area contributed by atoms with Gasteiger partial charge in [0.2, 0.25) is 0 Å². The van der Waals surface area contributed by atoms with Crippen LogP contribution in [0.4, 0.5) is 0 Å². The van der Waals surface area contributed by atoms with E-state index in [0.29, 0.717) is 46.4 Å². The Hall–Kier alpha value is -4.11. The maximum absolute atomic E-state index is 13.5. The topological polar surface area (TPSA) is 109 Å². The molecule has 1 aromatic carbocycles. The molecule has 2 aromatic heterocycles. The Morgan fingerprint density at radius 3 is 2.58 bits per heavy atom. The van der Waals surface area contributed by atoms with Gasteiger partial charge in [0.25, 0.3) is 11.8 Å². The number of fused-ring (bicyclic) bond motifs is 1. The molecule has 0 radical (unpaired) electrons. The van der Waals surface area contributed by atoms with E-state index in [2.05, 4.69) is 20.6 Å². The van der Waals surface area contributed by atoms with Gasteiger partial charge in [0.05, 0.1) is 22.8 Å². The van der Waals surface area contributed by atoms with E-state index in [1.165, 1.54) is 0 Å². The molecule has 0 saturated carbocycles. The Bertz CT molecular complexity index is 1510.